The van der Waals surface area contributed by atoms with Gasteiger partial charge in [-0.1, -0.05) is 0 Å². The summed E-state index contributed by atoms with van der Waals surface area (Å²) in [5, 5.41) is 8.59. The number of hydrogen-bond acceptors (Lipinski definition) is 5. The lowest BCUT2D eigenvalue weighted by Crippen LogP contribution is -2.36. The van der Waals surface area contributed by atoms with E-state index in [0.717, 1.165) is 11.0 Å². The molecular weight excluding hydrogens is 294 g/mol. The molecule has 116 valence electrons. The molecule has 0 aliphatic heterocycles. The van der Waals surface area contributed by atoms with Crippen LogP contribution in [-0.2, 0) is 14.3 Å². The first kappa shape index (κ1) is 17.4. The second-order valence-electron chi connectivity index (χ2n) is 4.15. The Labute approximate surface area is 127 Å². The first-order valence-corrected chi connectivity index (χ1v) is 7.18. The molecule has 1 amide bonds. The van der Waals surface area contributed by atoms with Crippen LogP contribution >= 0.6 is 11.3 Å². The van der Waals surface area contributed by atoms with E-state index in [0.29, 0.717) is 31.2 Å². The van der Waals surface area contributed by atoms with Crippen LogP contribution in [0.25, 0.3) is 6.08 Å². The topological polar surface area (TPSA) is 76.1 Å². The molecule has 0 aliphatic rings. The third kappa shape index (κ3) is 6.07. The molecule has 1 N–H and O–H groups in total. The Hall–Kier alpha value is -1.70. The zero-order chi connectivity index (χ0) is 15.7. The Morgan fingerprint density at radius 3 is 2.38 bits per heavy atom. The number of aliphatic carboxylic acids is 1. The normalized spacial score (nSPS) is 11.0. The first-order valence-electron chi connectivity index (χ1n) is 6.36. The SMILES string of the molecule is COCCN(CCOC)C(=O)c1ccc(C=CC(=O)O)s1. The summed E-state index contributed by atoms with van der Waals surface area (Å²) in [4.78, 5) is 25.8. The highest BCUT2D eigenvalue weighted by Gasteiger charge is 2.17. The van der Waals surface area contributed by atoms with Crippen LogP contribution < -0.4 is 0 Å². The summed E-state index contributed by atoms with van der Waals surface area (Å²) in [6, 6.07) is 3.42. The molecule has 0 aromatic carbocycles. The zero-order valence-corrected chi connectivity index (χ0v) is 12.9. The number of rotatable bonds is 9. The average molecular weight is 313 g/mol. The number of carboxylic acids is 1. The van der Waals surface area contributed by atoms with E-state index in [1.807, 2.05) is 0 Å². The van der Waals surface area contributed by atoms with Crippen LogP contribution in [0.1, 0.15) is 14.5 Å². The smallest absolute Gasteiger partial charge is 0.328 e. The van der Waals surface area contributed by atoms with Gasteiger partial charge in [0.15, 0.2) is 0 Å². The average Bonchev–Trinajstić information content (AvgIpc) is 2.93. The Balaban J connectivity index is 2.75. The maximum atomic E-state index is 12.4. The Morgan fingerprint density at radius 1 is 1.24 bits per heavy atom. The van der Waals surface area contributed by atoms with Gasteiger partial charge in [-0.3, -0.25) is 4.79 Å². The summed E-state index contributed by atoms with van der Waals surface area (Å²) < 4.78 is 10.0. The van der Waals surface area contributed by atoms with Crippen LogP contribution in [0.3, 0.4) is 0 Å². The molecule has 0 bridgehead atoms. The van der Waals surface area contributed by atoms with Crippen molar-refractivity contribution >= 4 is 29.3 Å². The maximum absolute atomic E-state index is 12.4. The number of carbonyl (C=O) groups excluding carboxylic acids is 1. The van der Waals surface area contributed by atoms with Gasteiger partial charge in [0.05, 0.1) is 18.1 Å². The van der Waals surface area contributed by atoms with E-state index in [1.54, 1.807) is 31.3 Å². The summed E-state index contributed by atoms with van der Waals surface area (Å²) in [5.74, 6) is -1.12. The van der Waals surface area contributed by atoms with Gasteiger partial charge in [-0.25, -0.2) is 4.79 Å². The molecule has 1 rings (SSSR count). The lowest BCUT2D eigenvalue weighted by molar-refractivity contribution is -0.131. The van der Waals surface area contributed by atoms with Gasteiger partial charge in [0.2, 0.25) is 0 Å². The highest BCUT2D eigenvalue weighted by atomic mass is 32.1. The quantitative estimate of drug-likeness (QED) is 0.701. The van der Waals surface area contributed by atoms with Crippen molar-refractivity contribution in [3.63, 3.8) is 0 Å². The molecular formula is C14H19NO5S. The van der Waals surface area contributed by atoms with Gasteiger partial charge in [0, 0.05) is 38.3 Å². The lowest BCUT2D eigenvalue weighted by atomic mass is 10.3. The summed E-state index contributed by atoms with van der Waals surface area (Å²) >= 11 is 1.26. The predicted octanol–water partition coefficient (Wildman–Crippen LogP) is 1.58. The monoisotopic (exact) mass is 313 g/mol. The second-order valence-corrected chi connectivity index (χ2v) is 5.27. The van der Waals surface area contributed by atoms with E-state index in [2.05, 4.69) is 0 Å². The van der Waals surface area contributed by atoms with Crippen LogP contribution in [-0.4, -0.2) is 62.4 Å². The number of carboxylic acid groups (broad SMARTS) is 1. The highest BCUT2D eigenvalue weighted by Crippen LogP contribution is 2.19. The minimum absolute atomic E-state index is 0.107. The van der Waals surface area contributed by atoms with Crippen LogP contribution in [0.5, 0.6) is 0 Å². The van der Waals surface area contributed by atoms with Crippen molar-refractivity contribution in [3.8, 4) is 0 Å². The summed E-state index contributed by atoms with van der Waals surface area (Å²) in [5.41, 5.74) is 0. The summed E-state index contributed by atoms with van der Waals surface area (Å²) in [6.45, 7) is 1.87. The molecule has 0 fully saturated rings. The van der Waals surface area contributed by atoms with Crippen molar-refractivity contribution in [2.24, 2.45) is 0 Å². The largest absolute Gasteiger partial charge is 0.478 e. The molecule has 7 heteroatoms. The van der Waals surface area contributed by atoms with Crippen molar-refractivity contribution in [1.82, 2.24) is 4.90 Å². The van der Waals surface area contributed by atoms with Gasteiger partial charge in [-0.15, -0.1) is 11.3 Å². The van der Waals surface area contributed by atoms with Crippen molar-refractivity contribution < 1.29 is 24.2 Å². The van der Waals surface area contributed by atoms with E-state index in [9.17, 15) is 9.59 Å². The number of carbonyl (C=O) groups is 2. The third-order valence-electron chi connectivity index (χ3n) is 2.65. The summed E-state index contributed by atoms with van der Waals surface area (Å²) in [6.07, 6.45) is 2.52. The van der Waals surface area contributed by atoms with Gasteiger partial charge in [-0.2, -0.15) is 0 Å². The van der Waals surface area contributed by atoms with Gasteiger partial charge in [-0.05, 0) is 18.2 Å². The van der Waals surface area contributed by atoms with E-state index >= 15 is 0 Å². The molecule has 0 unspecified atom stereocenters. The van der Waals surface area contributed by atoms with Crippen LogP contribution in [0.2, 0.25) is 0 Å². The van der Waals surface area contributed by atoms with Crippen LogP contribution in [0.15, 0.2) is 18.2 Å². The molecule has 1 heterocycles. The summed E-state index contributed by atoms with van der Waals surface area (Å²) in [7, 11) is 3.16. The van der Waals surface area contributed by atoms with Crippen molar-refractivity contribution in [2.45, 2.75) is 0 Å². The standard InChI is InChI=1S/C14H19NO5S/c1-19-9-7-15(8-10-20-2)14(18)12-5-3-11(21-12)4-6-13(16)17/h3-6H,7-10H2,1-2H3,(H,16,17). The second kappa shape index (κ2) is 9.28. The van der Waals surface area contributed by atoms with Gasteiger partial charge < -0.3 is 19.5 Å². The zero-order valence-electron chi connectivity index (χ0n) is 12.1. The molecule has 6 nitrogen and oxygen atoms in total. The molecule has 0 radical (unpaired) electrons. The maximum Gasteiger partial charge on any atom is 0.328 e. The molecule has 0 saturated carbocycles. The number of ether oxygens (including phenoxy) is 2. The fourth-order valence-corrected chi connectivity index (χ4v) is 2.46. The van der Waals surface area contributed by atoms with Crippen molar-refractivity contribution in [3.05, 3.63) is 28.0 Å². The molecule has 0 spiro atoms. The highest BCUT2D eigenvalue weighted by molar-refractivity contribution is 7.14. The van der Waals surface area contributed by atoms with Gasteiger partial charge in [0.25, 0.3) is 5.91 Å². The minimum Gasteiger partial charge on any atom is -0.478 e. The molecule has 0 atom stereocenters. The Bertz CT molecular complexity index is 489. The van der Waals surface area contributed by atoms with Gasteiger partial charge >= 0.3 is 5.97 Å². The van der Waals surface area contributed by atoms with Crippen LogP contribution in [0.4, 0.5) is 0 Å². The predicted molar refractivity (Wildman–Crippen MR) is 80.6 cm³/mol. The Kier molecular flexibility index (Phi) is 7.66. The van der Waals surface area contributed by atoms with E-state index < -0.39 is 5.97 Å². The molecule has 0 aliphatic carbocycles. The number of hydrogen-bond donors (Lipinski definition) is 1. The lowest BCUT2D eigenvalue weighted by Gasteiger charge is -2.21. The van der Waals surface area contributed by atoms with Gasteiger partial charge in [0.1, 0.15) is 0 Å². The first-order chi connectivity index (χ1) is 10.1. The molecule has 21 heavy (non-hydrogen) atoms. The van der Waals surface area contributed by atoms with Crippen molar-refractivity contribution in [2.75, 3.05) is 40.5 Å². The molecule has 1 aromatic rings. The van der Waals surface area contributed by atoms with Crippen molar-refractivity contribution in [1.29, 1.82) is 0 Å². The third-order valence-corrected chi connectivity index (χ3v) is 3.68. The number of thiophene rings is 1. The fourth-order valence-electron chi connectivity index (χ4n) is 1.58. The molecule has 0 saturated heterocycles. The van der Waals surface area contributed by atoms with Crippen LogP contribution in [0, 0.1) is 0 Å². The number of amides is 1. The van der Waals surface area contributed by atoms with E-state index in [-0.39, 0.29) is 5.91 Å². The molecule has 1 aromatic heterocycles. The Morgan fingerprint density at radius 2 is 1.86 bits per heavy atom. The number of methoxy groups -OCH3 is 2. The minimum atomic E-state index is -1.02. The van der Waals surface area contributed by atoms with E-state index in [1.165, 1.54) is 17.4 Å². The number of nitrogens with zero attached hydrogens (tertiary/aromatic N) is 1. The fraction of sp³-hybridized carbons (Fsp3) is 0.429. The van der Waals surface area contributed by atoms with E-state index in [4.69, 9.17) is 14.6 Å².